The molecule has 0 aliphatic carbocycles. The smallest absolute Gasteiger partial charge is 0.0644 e. The average Bonchev–Trinajstić information content (AvgIpc) is 3.23. The minimum Gasteiger partial charge on any atom is -0.662 e. The molecule has 0 saturated carbocycles. The molecule has 0 rings (SSSR count). The van der Waals surface area contributed by atoms with E-state index in [4.69, 9.17) is 0 Å². The molecule has 0 fully saturated rings. The zero-order valence-corrected chi connectivity index (χ0v) is 58.6. The van der Waals surface area contributed by atoms with Crippen molar-refractivity contribution in [2.75, 3.05) is 58.9 Å². The first kappa shape index (κ1) is 89.8. The molecule has 0 aromatic rings. The summed E-state index contributed by atoms with van der Waals surface area (Å²) in [6.07, 6.45) is 7.09. The molecule has 0 aromatic heterocycles. The van der Waals surface area contributed by atoms with Gasteiger partial charge in [-0.05, 0) is 0 Å². The van der Waals surface area contributed by atoms with Crippen LogP contribution in [-0.4, -0.2) is 93.6 Å². The first-order valence-corrected chi connectivity index (χ1v) is 30.1. The third kappa shape index (κ3) is 146. The summed E-state index contributed by atoms with van der Waals surface area (Å²) >= 11 is 5.31. The molecule has 0 aliphatic heterocycles. The van der Waals surface area contributed by atoms with Crippen LogP contribution in [-0.2, 0) is 58.9 Å². The maximum atomic E-state index is 4.51. The van der Waals surface area contributed by atoms with Gasteiger partial charge in [-0.1, -0.05) is 219 Å². The minimum atomic E-state index is 0.171. The van der Waals surface area contributed by atoms with Gasteiger partial charge < -0.3 is 31.9 Å². The van der Waals surface area contributed by atoms with Crippen molar-refractivity contribution in [2.24, 2.45) is 46.0 Å². The predicted octanol–water partition coefficient (Wildman–Crippen LogP) is 20.3. The summed E-state index contributed by atoms with van der Waals surface area (Å²) in [5.41, 5.74) is 0.513. The van der Waals surface area contributed by atoms with Crippen molar-refractivity contribution in [1.82, 2.24) is 0 Å². The standard InChI is InChI=1S/4C8H18N.C7H16N.C6H14N.3C4H9N.3Mo/c2*1-7(2)5-9-6-8(3)4;1-5-8(4)9-6-7(2)3;1-5-7(3)9-8(4)6-2;1-4-5-8-6-7(2)3;1-3-5-7-6-4-2;3*1-4(2,3)5;;;/h4*7-8H,5-6H2,1-4H3;7H,4-6H2,1-3H3;3-6H2,1-2H3;3*1-3H3;;;/q6*-1;;;;;;. The summed E-state index contributed by atoms with van der Waals surface area (Å²) in [5, 5.41) is 26.2. The molecule has 0 N–H and O–H groups in total. The van der Waals surface area contributed by atoms with E-state index in [1.165, 1.54) is 38.5 Å². The van der Waals surface area contributed by atoms with Gasteiger partial charge in [-0.3, -0.25) is 0 Å². The predicted molar refractivity (Wildman–Crippen MR) is 310 cm³/mol. The Balaban J connectivity index is -0.0000000843. The van der Waals surface area contributed by atoms with Crippen molar-refractivity contribution < 1.29 is 58.9 Å². The monoisotopic (exact) mass is 1230 g/mol. The van der Waals surface area contributed by atoms with E-state index in [2.05, 4.69) is 250 Å². The zero-order chi connectivity index (χ0) is 56.7. The molecule has 0 spiro atoms. The second kappa shape index (κ2) is 65.3. The van der Waals surface area contributed by atoms with Crippen molar-refractivity contribution in [3.63, 3.8) is 0 Å². The molecule has 0 saturated heterocycles. The second-order valence-corrected chi connectivity index (χ2v) is 24.8. The van der Waals surface area contributed by atoms with E-state index in [9.17, 15) is 0 Å². The van der Waals surface area contributed by atoms with Crippen LogP contribution in [0.1, 0.15) is 246 Å². The van der Waals surface area contributed by atoms with Gasteiger partial charge in [0, 0.05) is 0 Å². The molecule has 0 aliphatic rings. The largest absolute Gasteiger partial charge is 0.662 e. The molecule has 3 unspecified atom stereocenters. The van der Waals surface area contributed by atoms with Crippen LogP contribution in [0.5, 0.6) is 0 Å². The van der Waals surface area contributed by atoms with Crippen LogP contribution in [0, 0.1) is 35.5 Å². The SMILES string of the molecule is CC(C)(C)[N]=[Mo].CC(C)(C)[N]=[Mo].CC(C)(C)[N]=[Mo].CC(C)C[N-]CC(C)C.CC(C)C[N-]CC(C)C.CCC(C)[N-]C(C)CC.CCC(C)[N-]CC(C)C.CCC[N-]CC(C)C.CCC[N-]CCC. The van der Waals surface area contributed by atoms with E-state index in [1.54, 1.807) is 58.9 Å². The fourth-order valence-electron chi connectivity index (χ4n) is 3.28. The molecule has 12 heteroatoms. The van der Waals surface area contributed by atoms with Crippen molar-refractivity contribution >= 4 is 0 Å². The topological polar surface area (TPSA) is 122 Å². The molecule has 3 atom stereocenters. The molecule has 0 radical (unpaired) electrons. The van der Waals surface area contributed by atoms with Gasteiger partial charge in [-0.25, -0.2) is 0 Å². The molecule has 9 nitrogen and oxygen atoms in total. The van der Waals surface area contributed by atoms with Crippen LogP contribution in [0.4, 0.5) is 0 Å². The van der Waals surface area contributed by atoms with Crippen LogP contribution in [0.3, 0.4) is 0 Å². The summed E-state index contributed by atoms with van der Waals surface area (Å²) in [4.78, 5) is 0. The molecule has 0 aromatic carbocycles. The molecule has 0 bridgehead atoms. The Morgan fingerprint density at radius 2 is 0.522 bits per heavy atom. The maximum Gasteiger partial charge on any atom is -0.0644 e. The molecule has 0 amide bonds. The van der Waals surface area contributed by atoms with E-state index in [1.807, 2.05) is 0 Å². The Labute approximate surface area is 473 Å². The van der Waals surface area contributed by atoms with Crippen molar-refractivity contribution in [3.05, 3.63) is 31.9 Å². The minimum absolute atomic E-state index is 0.171. The normalized spacial score (nSPS) is 12.2. The van der Waals surface area contributed by atoms with Crippen LogP contribution in [0.15, 0.2) is 10.5 Å². The second-order valence-electron chi connectivity index (χ2n) is 23.4. The Hall–Kier alpha value is 1.22. The molecular formula is C57H129Mo3N9-6. The van der Waals surface area contributed by atoms with Gasteiger partial charge in [0.25, 0.3) is 0 Å². The van der Waals surface area contributed by atoms with Gasteiger partial charge in [0.2, 0.25) is 0 Å². The Kier molecular flexibility index (Phi) is 85.0. The van der Waals surface area contributed by atoms with E-state index in [-0.39, 0.29) is 16.6 Å². The molecule has 69 heavy (non-hydrogen) atoms. The van der Waals surface area contributed by atoms with Gasteiger partial charge in [0.1, 0.15) is 0 Å². The third-order valence-corrected chi connectivity index (χ3v) is 11.5. The van der Waals surface area contributed by atoms with Gasteiger partial charge in [-0.15, -0.1) is 77.0 Å². The first-order valence-electron chi connectivity index (χ1n) is 27.4. The van der Waals surface area contributed by atoms with Crippen molar-refractivity contribution in [3.8, 4) is 0 Å². The van der Waals surface area contributed by atoms with Gasteiger partial charge in [0.15, 0.2) is 0 Å². The van der Waals surface area contributed by atoms with Crippen molar-refractivity contribution in [1.29, 1.82) is 0 Å². The Morgan fingerprint density at radius 3 is 0.696 bits per heavy atom. The van der Waals surface area contributed by atoms with Crippen LogP contribution < -0.4 is 0 Å². The maximum absolute atomic E-state index is 4.51. The van der Waals surface area contributed by atoms with Gasteiger partial charge >= 0.3 is 148 Å². The van der Waals surface area contributed by atoms with E-state index < -0.39 is 0 Å². The van der Waals surface area contributed by atoms with Crippen molar-refractivity contribution in [2.45, 2.75) is 281 Å². The number of rotatable bonds is 24. The van der Waals surface area contributed by atoms with Crippen LogP contribution in [0.2, 0.25) is 0 Å². The fourth-order valence-corrected chi connectivity index (χ4v) is 3.28. The zero-order valence-electron chi connectivity index (χ0n) is 52.6. The molecule has 0 heterocycles. The van der Waals surface area contributed by atoms with Crippen LogP contribution >= 0.6 is 0 Å². The summed E-state index contributed by atoms with van der Waals surface area (Å²) < 4.78 is 12.1. The van der Waals surface area contributed by atoms with Crippen LogP contribution in [0.25, 0.3) is 31.9 Å². The van der Waals surface area contributed by atoms with Gasteiger partial charge in [0.05, 0.1) is 0 Å². The quantitative estimate of drug-likeness (QED) is 0.0675. The molecular weight excluding hydrogens is 1100 g/mol. The summed E-state index contributed by atoms with van der Waals surface area (Å²) in [5.74, 6) is 4.36. The summed E-state index contributed by atoms with van der Waals surface area (Å²) in [6.45, 7) is 73.9. The van der Waals surface area contributed by atoms with Gasteiger partial charge in [-0.2, -0.15) is 0 Å². The fraction of sp³-hybridized carbons (Fsp3) is 1.00. The summed E-state index contributed by atoms with van der Waals surface area (Å²) in [7, 11) is 0. The summed E-state index contributed by atoms with van der Waals surface area (Å²) in [6, 6.07) is 1.67. The third-order valence-electron chi connectivity index (χ3n) is 7.50. The molecule has 426 valence electrons. The number of hydrogen-bond acceptors (Lipinski definition) is 3. The Bertz CT molecular complexity index is 855. The average molecular weight is 1230 g/mol. The first-order chi connectivity index (χ1) is 31.5. The van der Waals surface area contributed by atoms with E-state index in [0.717, 1.165) is 94.4 Å². The number of hydrogen-bond donors (Lipinski definition) is 0. The van der Waals surface area contributed by atoms with E-state index >= 15 is 0 Å². The number of nitrogens with zero attached hydrogens (tertiary/aromatic N) is 9. The Morgan fingerprint density at radius 1 is 0.319 bits per heavy atom. The van der Waals surface area contributed by atoms with E-state index in [0.29, 0.717) is 18.1 Å².